The molecule has 1 aromatic carbocycles. The smallest absolute Gasteiger partial charge is 0.319 e. The number of anilines is 1. The number of benzene rings is 1. The molecule has 0 unspecified atom stereocenters. The van der Waals surface area contributed by atoms with Crippen LogP contribution in [0.5, 0.6) is 0 Å². The molecule has 0 saturated carbocycles. The number of nitrogens with one attached hydrogen (secondary N) is 2. The molecule has 5 heteroatoms. The lowest BCUT2D eigenvalue weighted by Gasteiger charge is -2.10. The third kappa shape index (κ3) is 4.86. The minimum atomic E-state index is -0.929. The first-order valence-corrected chi connectivity index (χ1v) is 5.98. The molecule has 0 aliphatic rings. The highest BCUT2D eigenvalue weighted by Crippen LogP contribution is 2.16. The quantitative estimate of drug-likeness (QED) is 0.724. The number of para-hydroxylation sites is 1. The molecule has 98 valence electrons. The monoisotopic (exact) mass is 250 g/mol. The van der Waals surface area contributed by atoms with Gasteiger partial charge in [0, 0.05) is 12.2 Å². The average molecular weight is 250 g/mol. The second-order valence-electron chi connectivity index (χ2n) is 3.93. The summed E-state index contributed by atoms with van der Waals surface area (Å²) in [5.41, 5.74) is 1.85. The van der Waals surface area contributed by atoms with Crippen LogP contribution in [0.3, 0.4) is 0 Å². The van der Waals surface area contributed by atoms with E-state index in [1.54, 1.807) is 0 Å². The Labute approximate surface area is 106 Å². The van der Waals surface area contributed by atoms with Crippen LogP contribution in [0.25, 0.3) is 0 Å². The molecular weight excluding hydrogens is 232 g/mol. The molecule has 1 aromatic rings. The lowest BCUT2D eigenvalue weighted by atomic mass is 10.1. The van der Waals surface area contributed by atoms with E-state index < -0.39 is 5.97 Å². The molecule has 0 fully saturated rings. The van der Waals surface area contributed by atoms with Gasteiger partial charge in [0.15, 0.2) is 0 Å². The van der Waals surface area contributed by atoms with Crippen LogP contribution in [-0.4, -0.2) is 23.7 Å². The van der Waals surface area contributed by atoms with Crippen molar-refractivity contribution in [1.29, 1.82) is 0 Å². The Morgan fingerprint density at radius 3 is 2.67 bits per heavy atom. The van der Waals surface area contributed by atoms with Gasteiger partial charge in [-0.1, -0.05) is 31.5 Å². The van der Waals surface area contributed by atoms with Crippen molar-refractivity contribution in [3.05, 3.63) is 29.8 Å². The van der Waals surface area contributed by atoms with Crippen LogP contribution >= 0.6 is 0 Å². The van der Waals surface area contributed by atoms with E-state index in [1.807, 2.05) is 24.3 Å². The van der Waals surface area contributed by atoms with Crippen LogP contribution in [0.4, 0.5) is 10.5 Å². The predicted octanol–water partition coefficient (Wildman–Crippen LogP) is 2.24. The molecule has 18 heavy (non-hydrogen) atoms. The number of hydrogen-bond donors (Lipinski definition) is 3. The highest BCUT2D eigenvalue weighted by molar-refractivity contribution is 5.90. The van der Waals surface area contributed by atoms with Gasteiger partial charge in [-0.25, -0.2) is 4.79 Å². The number of carbonyl (C=O) groups excluding carboxylic acids is 1. The average Bonchev–Trinajstić information content (AvgIpc) is 2.31. The predicted molar refractivity (Wildman–Crippen MR) is 69.7 cm³/mol. The van der Waals surface area contributed by atoms with Crippen molar-refractivity contribution >= 4 is 17.7 Å². The van der Waals surface area contributed by atoms with E-state index in [0.29, 0.717) is 0 Å². The van der Waals surface area contributed by atoms with E-state index in [4.69, 9.17) is 5.11 Å². The molecule has 0 atom stereocenters. The summed E-state index contributed by atoms with van der Waals surface area (Å²) in [7, 11) is 0. The maximum absolute atomic E-state index is 11.5. The summed E-state index contributed by atoms with van der Waals surface area (Å²) in [6.07, 6.45) is 1.81. The van der Waals surface area contributed by atoms with Gasteiger partial charge in [0.1, 0.15) is 0 Å². The molecule has 0 aliphatic carbocycles. The topological polar surface area (TPSA) is 78.4 Å². The minimum absolute atomic E-state index is 0.0793. The number of urea groups is 1. The van der Waals surface area contributed by atoms with Gasteiger partial charge in [-0.3, -0.25) is 4.79 Å². The first kappa shape index (κ1) is 14.0. The SMILES string of the molecule is CCCc1ccccc1NC(=O)NCCC(=O)O. The number of hydrogen-bond acceptors (Lipinski definition) is 2. The Morgan fingerprint density at radius 1 is 1.28 bits per heavy atom. The number of carboxylic acids is 1. The summed E-state index contributed by atoms with van der Waals surface area (Å²) >= 11 is 0. The maximum atomic E-state index is 11.5. The highest BCUT2D eigenvalue weighted by Gasteiger charge is 2.05. The van der Waals surface area contributed by atoms with Crippen LogP contribution in [0, 0.1) is 0 Å². The van der Waals surface area contributed by atoms with E-state index in [2.05, 4.69) is 17.6 Å². The van der Waals surface area contributed by atoms with E-state index in [-0.39, 0.29) is 19.0 Å². The van der Waals surface area contributed by atoms with E-state index in [0.717, 1.165) is 24.1 Å². The summed E-state index contributed by atoms with van der Waals surface area (Å²) < 4.78 is 0. The van der Waals surface area contributed by atoms with Crippen LogP contribution in [0.1, 0.15) is 25.3 Å². The van der Waals surface area contributed by atoms with E-state index in [1.165, 1.54) is 0 Å². The first-order chi connectivity index (χ1) is 8.63. The Bertz CT molecular complexity index is 418. The number of carboxylic acid groups (broad SMARTS) is 1. The van der Waals surface area contributed by atoms with Gasteiger partial charge in [-0.05, 0) is 18.1 Å². The molecule has 5 nitrogen and oxygen atoms in total. The van der Waals surface area contributed by atoms with Crippen LogP contribution < -0.4 is 10.6 Å². The van der Waals surface area contributed by atoms with Gasteiger partial charge in [-0.2, -0.15) is 0 Å². The van der Waals surface area contributed by atoms with E-state index >= 15 is 0 Å². The van der Waals surface area contributed by atoms with Crippen molar-refractivity contribution in [2.24, 2.45) is 0 Å². The zero-order valence-corrected chi connectivity index (χ0v) is 10.4. The lowest BCUT2D eigenvalue weighted by molar-refractivity contribution is -0.136. The molecule has 2 amide bonds. The Morgan fingerprint density at radius 2 is 2.00 bits per heavy atom. The first-order valence-electron chi connectivity index (χ1n) is 5.98. The molecule has 1 rings (SSSR count). The molecule has 0 heterocycles. The molecule has 0 bridgehead atoms. The third-order valence-corrected chi connectivity index (χ3v) is 2.41. The fraction of sp³-hybridized carbons (Fsp3) is 0.385. The van der Waals surface area contributed by atoms with Crippen LogP contribution in [0.15, 0.2) is 24.3 Å². The summed E-state index contributed by atoms with van der Waals surface area (Å²) in [5, 5.41) is 13.7. The maximum Gasteiger partial charge on any atom is 0.319 e. The van der Waals surface area contributed by atoms with Gasteiger partial charge in [-0.15, -0.1) is 0 Å². The molecular formula is C13H18N2O3. The van der Waals surface area contributed by atoms with Crippen LogP contribution in [0.2, 0.25) is 0 Å². The molecule has 3 N–H and O–H groups in total. The third-order valence-electron chi connectivity index (χ3n) is 2.41. The van der Waals surface area contributed by atoms with E-state index in [9.17, 15) is 9.59 Å². The van der Waals surface area contributed by atoms with Gasteiger partial charge in [0.2, 0.25) is 0 Å². The Kier molecular flexibility index (Phi) is 5.70. The molecule has 0 spiro atoms. The summed E-state index contributed by atoms with van der Waals surface area (Å²) in [6, 6.07) is 7.21. The van der Waals surface area contributed by atoms with Crippen molar-refractivity contribution in [2.45, 2.75) is 26.2 Å². The van der Waals surface area contributed by atoms with Crippen LogP contribution in [-0.2, 0) is 11.2 Å². The fourth-order valence-electron chi connectivity index (χ4n) is 1.58. The zero-order chi connectivity index (χ0) is 13.4. The van der Waals surface area contributed by atoms with Gasteiger partial charge in [0.05, 0.1) is 6.42 Å². The molecule has 0 radical (unpaired) electrons. The molecule has 0 aromatic heterocycles. The molecule has 0 aliphatic heterocycles. The van der Waals surface area contributed by atoms with Crippen molar-refractivity contribution < 1.29 is 14.7 Å². The fourth-order valence-corrected chi connectivity index (χ4v) is 1.58. The lowest BCUT2D eigenvalue weighted by Crippen LogP contribution is -2.30. The number of aryl methyl sites for hydroxylation is 1. The van der Waals surface area contributed by atoms with Crippen molar-refractivity contribution in [2.75, 3.05) is 11.9 Å². The largest absolute Gasteiger partial charge is 0.481 e. The molecule has 0 saturated heterocycles. The van der Waals surface area contributed by atoms with Gasteiger partial charge >= 0.3 is 12.0 Å². The van der Waals surface area contributed by atoms with Gasteiger partial charge < -0.3 is 15.7 Å². The number of carbonyl (C=O) groups is 2. The Hall–Kier alpha value is -2.04. The van der Waals surface area contributed by atoms with Crippen molar-refractivity contribution in [1.82, 2.24) is 5.32 Å². The highest BCUT2D eigenvalue weighted by atomic mass is 16.4. The van der Waals surface area contributed by atoms with Gasteiger partial charge in [0.25, 0.3) is 0 Å². The normalized spacial score (nSPS) is 9.83. The second-order valence-corrected chi connectivity index (χ2v) is 3.93. The number of amides is 2. The second kappa shape index (κ2) is 7.32. The Balaban J connectivity index is 2.50. The number of rotatable bonds is 6. The summed E-state index contributed by atoms with van der Waals surface area (Å²) in [5.74, 6) is -0.929. The number of aliphatic carboxylic acids is 1. The van der Waals surface area contributed by atoms with Crippen molar-refractivity contribution in [3.8, 4) is 0 Å². The summed E-state index contributed by atoms with van der Waals surface area (Å²) in [6.45, 7) is 2.20. The standard InChI is InChI=1S/C13H18N2O3/c1-2-5-10-6-3-4-7-11(10)15-13(18)14-9-8-12(16)17/h3-4,6-7H,2,5,8-9H2,1H3,(H,16,17)(H2,14,15,18). The minimum Gasteiger partial charge on any atom is -0.481 e. The summed E-state index contributed by atoms with van der Waals surface area (Å²) in [4.78, 5) is 21.8. The van der Waals surface area contributed by atoms with Crippen molar-refractivity contribution in [3.63, 3.8) is 0 Å². The zero-order valence-electron chi connectivity index (χ0n) is 10.4.